The molecule has 2 aliphatic rings. The van der Waals surface area contributed by atoms with E-state index in [-0.39, 0.29) is 17.6 Å². The fourth-order valence-corrected chi connectivity index (χ4v) is 5.82. The largest absolute Gasteiger partial charge is 0.459 e. The second-order valence-corrected chi connectivity index (χ2v) is 10.4. The van der Waals surface area contributed by atoms with Crippen LogP contribution in [0.15, 0.2) is 24.3 Å². The van der Waals surface area contributed by atoms with Gasteiger partial charge in [0.25, 0.3) is 5.91 Å². The molecule has 2 amide bonds. The second kappa shape index (κ2) is 10.6. The third-order valence-corrected chi connectivity index (χ3v) is 7.30. The molecule has 186 valence electrons. The van der Waals surface area contributed by atoms with E-state index in [9.17, 15) is 19.2 Å². The summed E-state index contributed by atoms with van der Waals surface area (Å²) in [4.78, 5) is 52.5. The number of nitrogens with one attached hydrogen (secondary N) is 1. The molecule has 8 nitrogen and oxygen atoms in total. The number of ether oxygens (including phenoxy) is 2. The number of hydrogen-bond donors (Lipinski definition) is 1. The molecule has 0 spiro atoms. The van der Waals surface area contributed by atoms with E-state index in [2.05, 4.69) is 12.2 Å². The molecule has 1 saturated heterocycles. The van der Waals surface area contributed by atoms with Gasteiger partial charge in [-0.15, -0.1) is 11.3 Å². The molecular formula is C26H30N2O6S. The fraction of sp³-hybridized carbons (Fsp3) is 0.462. The maximum absolute atomic E-state index is 12.8. The van der Waals surface area contributed by atoms with Gasteiger partial charge in [0.05, 0.1) is 17.2 Å². The summed E-state index contributed by atoms with van der Waals surface area (Å²) in [5, 5.41) is 3.19. The monoisotopic (exact) mass is 498 g/mol. The van der Waals surface area contributed by atoms with Gasteiger partial charge in [-0.3, -0.25) is 9.59 Å². The van der Waals surface area contributed by atoms with Gasteiger partial charge < -0.3 is 19.7 Å². The first kappa shape index (κ1) is 24.9. The Morgan fingerprint density at radius 3 is 2.54 bits per heavy atom. The van der Waals surface area contributed by atoms with Crippen molar-refractivity contribution in [3.05, 3.63) is 45.8 Å². The van der Waals surface area contributed by atoms with Crippen molar-refractivity contribution >= 4 is 45.8 Å². The van der Waals surface area contributed by atoms with Crippen molar-refractivity contribution in [1.29, 1.82) is 0 Å². The number of anilines is 2. The number of carbonyl (C=O) groups is 4. The predicted octanol–water partition coefficient (Wildman–Crippen LogP) is 4.36. The quantitative estimate of drug-likeness (QED) is 0.569. The SMILES string of the molecule is CC1CCc2c(sc(NC(=O)COC(=O)c3ccc(N4CCCC4=O)cc3)c2C(=O)OC(C)C)C1. The Hall–Kier alpha value is -3.20. The molecule has 0 bridgehead atoms. The highest BCUT2D eigenvalue weighted by Gasteiger charge is 2.30. The van der Waals surface area contributed by atoms with Crippen molar-refractivity contribution in [3.63, 3.8) is 0 Å². The molecule has 0 radical (unpaired) electrons. The molecule has 1 unspecified atom stereocenters. The van der Waals surface area contributed by atoms with Gasteiger partial charge in [0.15, 0.2) is 6.61 Å². The normalized spacial score (nSPS) is 17.3. The topological polar surface area (TPSA) is 102 Å². The van der Waals surface area contributed by atoms with E-state index in [1.165, 1.54) is 11.3 Å². The van der Waals surface area contributed by atoms with Gasteiger partial charge in [-0.2, -0.15) is 0 Å². The van der Waals surface area contributed by atoms with Crippen LogP contribution in [0, 0.1) is 5.92 Å². The summed E-state index contributed by atoms with van der Waals surface area (Å²) < 4.78 is 10.6. The van der Waals surface area contributed by atoms with Crippen LogP contribution >= 0.6 is 11.3 Å². The van der Waals surface area contributed by atoms with Crippen molar-refractivity contribution in [2.45, 2.75) is 59.0 Å². The Balaban J connectivity index is 1.40. The molecule has 2 heterocycles. The summed E-state index contributed by atoms with van der Waals surface area (Å²) in [6.07, 6.45) is 3.66. The minimum Gasteiger partial charge on any atom is -0.459 e. The molecule has 0 saturated carbocycles. The lowest BCUT2D eigenvalue weighted by molar-refractivity contribution is -0.119. The molecule has 1 aliphatic heterocycles. The van der Waals surface area contributed by atoms with Crippen LogP contribution in [0.2, 0.25) is 0 Å². The molecule has 1 atom stereocenters. The van der Waals surface area contributed by atoms with E-state index in [1.807, 2.05) is 0 Å². The first-order valence-electron chi connectivity index (χ1n) is 12.0. The Bertz CT molecular complexity index is 1140. The summed E-state index contributed by atoms with van der Waals surface area (Å²) in [5.74, 6) is -1.04. The molecular weight excluding hydrogens is 468 g/mol. The molecule has 1 aliphatic carbocycles. The molecule has 9 heteroatoms. The van der Waals surface area contributed by atoms with Gasteiger partial charge >= 0.3 is 11.9 Å². The third-order valence-electron chi connectivity index (χ3n) is 6.13. The van der Waals surface area contributed by atoms with Crippen molar-refractivity contribution < 1.29 is 28.7 Å². The highest BCUT2D eigenvalue weighted by molar-refractivity contribution is 7.17. The van der Waals surface area contributed by atoms with E-state index in [1.54, 1.807) is 43.0 Å². The zero-order chi connectivity index (χ0) is 25.1. The van der Waals surface area contributed by atoms with Gasteiger partial charge in [-0.25, -0.2) is 9.59 Å². The van der Waals surface area contributed by atoms with Crippen LogP contribution in [0.5, 0.6) is 0 Å². The molecule has 1 N–H and O–H groups in total. The average molecular weight is 499 g/mol. The fourth-order valence-electron chi connectivity index (χ4n) is 4.40. The van der Waals surface area contributed by atoms with Crippen molar-refractivity contribution in [2.24, 2.45) is 5.92 Å². The lowest BCUT2D eigenvalue weighted by atomic mass is 9.88. The average Bonchev–Trinajstić information content (AvgIpc) is 3.39. The van der Waals surface area contributed by atoms with E-state index in [0.717, 1.165) is 41.8 Å². The van der Waals surface area contributed by atoms with Crippen LogP contribution in [-0.4, -0.2) is 43.0 Å². The van der Waals surface area contributed by atoms with Crippen molar-refractivity contribution in [2.75, 3.05) is 23.4 Å². The van der Waals surface area contributed by atoms with Gasteiger partial charge in [0.2, 0.25) is 5.91 Å². The van der Waals surface area contributed by atoms with Crippen molar-refractivity contribution in [1.82, 2.24) is 0 Å². The number of rotatable bonds is 7. The molecule has 35 heavy (non-hydrogen) atoms. The highest BCUT2D eigenvalue weighted by atomic mass is 32.1. The minimum absolute atomic E-state index is 0.0679. The van der Waals surface area contributed by atoms with Crippen LogP contribution in [0.1, 0.15) is 71.2 Å². The minimum atomic E-state index is -0.641. The lowest BCUT2D eigenvalue weighted by Gasteiger charge is -2.18. The van der Waals surface area contributed by atoms with Crippen LogP contribution in [0.25, 0.3) is 0 Å². The second-order valence-electron chi connectivity index (χ2n) is 9.33. The van der Waals surface area contributed by atoms with E-state index < -0.39 is 24.5 Å². The van der Waals surface area contributed by atoms with E-state index >= 15 is 0 Å². The van der Waals surface area contributed by atoms with Gasteiger partial charge in [-0.1, -0.05) is 6.92 Å². The van der Waals surface area contributed by atoms with Crippen LogP contribution < -0.4 is 10.2 Å². The van der Waals surface area contributed by atoms with Gasteiger partial charge in [0, 0.05) is 23.5 Å². The van der Waals surface area contributed by atoms with Crippen LogP contribution in [0.3, 0.4) is 0 Å². The smallest absolute Gasteiger partial charge is 0.341 e. The summed E-state index contributed by atoms with van der Waals surface area (Å²) in [6.45, 7) is 5.92. The van der Waals surface area contributed by atoms with Crippen LogP contribution in [-0.2, 0) is 31.9 Å². The molecule has 2 aromatic rings. The maximum Gasteiger partial charge on any atom is 0.341 e. The molecule has 1 aromatic heterocycles. The summed E-state index contributed by atoms with van der Waals surface area (Å²) in [5.41, 5.74) is 2.38. The Labute approximate surface area is 208 Å². The molecule has 4 rings (SSSR count). The van der Waals surface area contributed by atoms with E-state index in [0.29, 0.717) is 29.4 Å². The number of esters is 2. The summed E-state index contributed by atoms with van der Waals surface area (Å²) in [6, 6.07) is 6.55. The number of nitrogens with zero attached hydrogens (tertiary/aromatic N) is 1. The van der Waals surface area contributed by atoms with E-state index in [4.69, 9.17) is 9.47 Å². The first-order chi connectivity index (χ1) is 16.7. The van der Waals surface area contributed by atoms with Gasteiger partial charge in [-0.05, 0) is 75.3 Å². The highest BCUT2D eigenvalue weighted by Crippen LogP contribution is 2.40. The number of hydrogen-bond acceptors (Lipinski definition) is 7. The number of thiophene rings is 1. The zero-order valence-corrected chi connectivity index (χ0v) is 21.0. The number of benzene rings is 1. The van der Waals surface area contributed by atoms with Gasteiger partial charge in [0.1, 0.15) is 5.00 Å². The number of amides is 2. The summed E-state index contributed by atoms with van der Waals surface area (Å²) >= 11 is 1.39. The number of fused-ring (bicyclic) bond motifs is 1. The zero-order valence-electron chi connectivity index (χ0n) is 20.2. The predicted molar refractivity (Wildman–Crippen MR) is 133 cm³/mol. The summed E-state index contributed by atoms with van der Waals surface area (Å²) in [7, 11) is 0. The Kier molecular flexibility index (Phi) is 7.54. The molecule has 1 aromatic carbocycles. The Morgan fingerprint density at radius 1 is 1.14 bits per heavy atom. The van der Waals surface area contributed by atoms with Crippen LogP contribution in [0.4, 0.5) is 10.7 Å². The number of carbonyl (C=O) groups excluding carboxylic acids is 4. The lowest BCUT2D eigenvalue weighted by Crippen LogP contribution is -2.24. The maximum atomic E-state index is 12.8. The first-order valence-corrected chi connectivity index (χ1v) is 12.8. The standard InChI is InChI=1S/C26H30N2O6S/c1-15(2)34-26(32)23-19-11-6-16(3)13-20(19)35-24(23)27-21(29)14-33-25(31)17-7-9-18(10-8-17)28-12-4-5-22(28)30/h7-10,15-16H,4-6,11-14H2,1-3H3,(H,27,29). The van der Waals surface area contributed by atoms with Crippen molar-refractivity contribution in [3.8, 4) is 0 Å². The molecule has 1 fully saturated rings. The Morgan fingerprint density at radius 2 is 1.89 bits per heavy atom. The third kappa shape index (κ3) is 5.73.